The number of hydrogen-bond donors (Lipinski definition) is 2. The molecule has 0 heterocycles. The van der Waals surface area contributed by atoms with Crippen molar-refractivity contribution in [3.63, 3.8) is 0 Å². The predicted molar refractivity (Wildman–Crippen MR) is 130 cm³/mol. The molecule has 4 fully saturated rings. The fraction of sp³-hybridized carbons (Fsp3) is 0.607. The molecule has 32 heavy (non-hydrogen) atoms. The molecule has 4 aliphatic rings. The van der Waals surface area contributed by atoms with E-state index in [1.54, 1.807) is 0 Å². The van der Waals surface area contributed by atoms with Gasteiger partial charge in [-0.05, 0) is 98.7 Å². The van der Waals surface area contributed by atoms with E-state index in [4.69, 9.17) is 4.74 Å². The second-order valence-corrected chi connectivity index (χ2v) is 9.94. The van der Waals surface area contributed by atoms with Gasteiger partial charge in [0, 0.05) is 12.1 Å². The Morgan fingerprint density at radius 2 is 1.56 bits per heavy atom. The van der Waals surface area contributed by atoms with Crippen LogP contribution in [0.3, 0.4) is 0 Å². The number of benzene rings is 2. The number of hydrogen-bond acceptors (Lipinski definition) is 3. The summed E-state index contributed by atoms with van der Waals surface area (Å²) in [6.07, 6.45) is 12.0. The fourth-order valence-electron chi connectivity index (χ4n) is 5.89. The van der Waals surface area contributed by atoms with Gasteiger partial charge in [0.15, 0.2) is 0 Å². The Labute approximate surface area is 192 Å². The Morgan fingerprint density at radius 1 is 0.938 bits per heavy atom. The van der Waals surface area contributed by atoms with Crippen molar-refractivity contribution in [2.45, 2.75) is 103 Å². The van der Waals surface area contributed by atoms with Gasteiger partial charge in [-0.25, -0.2) is 0 Å². The lowest BCUT2D eigenvalue weighted by molar-refractivity contribution is -0.156. The molecule has 2 aromatic rings. The van der Waals surface area contributed by atoms with Gasteiger partial charge in [0.2, 0.25) is 0 Å². The van der Waals surface area contributed by atoms with E-state index in [-0.39, 0.29) is 5.54 Å². The van der Waals surface area contributed by atoms with E-state index in [1.807, 2.05) is 13.8 Å². The van der Waals surface area contributed by atoms with Gasteiger partial charge in [-0.15, -0.1) is 0 Å². The second-order valence-electron chi connectivity index (χ2n) is 9.94. The van der Waals surface area contributed by atoms with Gasteiger partial charge in [0.25, 0.3) is 0 Å². The van der Waals surface area contributed by atoms with Crippen LogP contribution in [0.25, 0.3) is 10.8 Å². The third-order valence-corrected chi connectivity index (χ3v) is 8.10. The molecule has 0 aliphatic heterocycles. The summed E-state index contributed by atoms with van der Waals surface area (Å²) in [6.45, 7) is 4.84. The third-order valence-electron chi connectivity index (χ3n) is 8.10. The molecule has 2 N–H and O–H groups in total. The number of fused-ring (bicyclic) bond motifs is 4. The molecule has 0 radical (unpaired) electrons. The number of rotatable bonds is 6. The van der Waals surface area contributed by atoms with Crippen molar-refractivity contribution in [3.8, 4) is 5.75 Å². The van der Waals surface area contributed by atoms with Crippen molar-refractivity contribution in [2.24, 2.45) is 5.41 Å². The van der Waals surface area contributed by atoms with Crippen LogP contribution in [-0.4, -0.2) is 22.7 Å². The minimum Gasteiger partial charge on any atom is -0.490 e. The van der Waals surface area contributed by atoms with Gasteiger partial charge in [0.1, 0.15) is 5.75 Å². The van der Waals surface area contributed by atoms with Crippen LogP contribution < -0.4 is 10.1 Å². The van der Waals surface area contributed by atoms with Crippen molar-refractivity contribution in [2.75, 3.05) is 0 Å². The Morgan fingerprint density at radius 3 is 2.22 bits per heavy atom. The highest BCUT2D eigenvalue weighted by molar-refractivity contribution is 5.84. The smallest absolute Gasteiger partial charge is 0.309 e. The molecular formula is C28H39NO3. The predicted octanol–water partition coefficient (Wildman–Crippen LogP) is 6.84. The molecule has 0 aromatic heterocycles. The van der Waals surface area contributed by atoms with E-state index in [0.717, 1.165) is 50.8 Å². The van der Waals surface area contributed by atoms with Crippen LogP contribution in [0.5, 0.6) is 5.75 Å². The van der Waals surface area contributed by atoms with E-state index in [1.165, 1.54) is 48.4 Å². The highest BCUT2D eigenvalue weighted by Gasteiger charge is 2.52. The van der Waals surface area contributed by atoms with Crippen LogP contribution in [0.1, 0.15) is 90.0 Å². The summed E-state index contributed by atoms with van der Waals surface area (Å²) in [5.41, 5.74) is 0.978. The van der Waals surface area contributed by atoms with E-state index >= 15 is 0 Å². The minimum atomic E-state index is -0.586. The SMILES string of the molecule is CC.O=C(O)C12CCC(NCc3ccc4cc(OC5CCCCC5)ccc4c3)(CC1)CC2. The maximum absolute atomic E-state index is 11.6. The van der Waals surface area contributed by atoms with E-state index in [0.29, 0.717) is 6.10 Å². The molecule has 2 aromatic carbocycles. The highest BCUT2D eigenvalue weighted by Crippen LogP contribution is 2.52. The van der Waals surface area contributed by atoms with Crippen LogP contribution in [0.4, 0.5) is 0 Å². The summed E-state index contributed by atoms with van der Waals surface area (Å²) in [5.74, 6) is 0.405. The maximum atomic E-state index is 11.6. The summed E-state index contributed by atoms with van der Waals surface area (Å²) in [4.78, 5) is 11.6. The lowest BCUT2D eigenvalue weighted by atomic mass is 9.57. The quantitative estimate of drug-likeness (QED) is 0.519. The molecule has 2 bridgehead atoms. The summed E-state index contributed by atoms with van der Waals surface area (Å²) in [6, 6.07) is 13.2. The zero-order valence-corrected chi connectivity index (χ0v) is 19.8. The first-order valence-electron chi connectivity index (χ1n) is 12.7. The van der Waals surface area contributed by atoms with Crippen LogP contribution in [0.2, 0.25) is 0 Å². The van der Waals surface area contributed by atoms with Crippen LogP contribution in [0.15, 0.2) is 36.4 Å². The normalized spacial score (nSPS) is 27.6. The van der Waals surface area contributed by atoms with Crippen molar-refractivity contribution in [3.05, 3.63) is 42.0 Å². The lowest BCUT2D eigenvalue weighted by Gasteiger charge is -2.51. The molecule has 4 nitrogen and oxygen atoms in total. The van der Waals surface area contributed by atoms with Gasteiger partial charge >= 0.3 is 5.97 Å². The number of aliphatic carboxylic acids is 1. The number of ether oxygens (including phenoxy) is 1. The standard InChI is InChI=1S/C26H33NO3.C2H6/c28-24(29)25-10-13-26(14-11-25,15-12-25)27-18-19-6-7-21-17-23(9-8-20(21)16-19)30-22-4-2-1-3-5-22;1-2/h6-9,16-17,22,27H,1-5,10-15,18H2,(H,28,29);1-2H3. The number of nitrogens with one attached hydrogen (secondary N) is 1. The third kappa shape index (κ3) is 4.80. The largest absolute Gasteiger partial charge is 0.490 e. The van der Waals surface area contributed by atoms with Crippen LogP contribution in [0, 0.1) is 5.41 Å². The monoisotopic (exact) mass is 437 g/mol. The Balaban J connectivity index is 0.00000119. The summed E-state index contributed by atoms with van der Waals surface area (Å²) < 4.78 is 6.22. The molecule has 4 saturated carbocycles. The molecule has 0 saturated heterocycles. The number of carboxylic acids is 1. The van der Waals surface area contributed by atoms with Gasteiger partial charge < -0.3 is 15.2 Å². The zero-order valence-electron chi connectivity index (χ0n) is 19.8. The molecule has 6 rings (SSSR count). The number of carbonyl (C=O) groups is 1. The molecule has 0 spiro atoms. The first-order chi connectivity index (χ1) is 15.6. The van der Waals surface area contributed by atoms with Gasteiger partial charge in [-0.3, -0.25) is 4.79 Å². The molecule has 4 aliphatic carbocycles. The van der Waals surface area contributed by atoms with Crippen molar-refractivity contribution >= 4 is 16.7 Å². The van der Waals surface area contributed by atoms with E-state index in [2.05, 4.69) is 41.7 Å². The second kappa shape index (κ2) is 9.82. The lowest BCUT2D eigenvalue weighted by Crippen LogP contribution is -2.56. The van der Waals surface area contributed by atoms with Crippen molar-refractivity contribution < 1.29 is 14.6 Å². The Hall–Kier alpha value is -2.07. The Bertz CT molecular complexity index is 907. The van der Waals surface area contributed by atoms with E-state index < -0.39 is 11.4 Å². The average molecular weight is 438 g/mol. The molecule has 0 amide bonds. The molecular weight excluding hydrogens is 398 g/mol. The first kappa shape index (κ1) is 23.1. The van der Waals surface area contributed by atoms with Gasteiger partial charge in [-0.1, -0.05) is 38.5 Å². The zero-order chi connectivity index (χ0) is 22.6. The topological polar surface area (TPSA) is 58.6 Å². The van der Waals surface area contributed by atoms with Gasteiger partial charge in [-0.2, -0.15) is 0 Å². The van der Waals surface area contributed by atoms with Crippen molar-refractivity contribution in [1.29, 1.82) is 0 Å². The summed E-state index contributed by atoms with van der Waals surface area (Å²) in [7, 11) is 0. The summed E-state index contributed by atoms with van der Waals surface area (Å²) in [5, 5.41) is 15.9. The maximum Gasteiger partial charge on any atom is 0.309 e. The highest BCUT2D eigenvalue weighted by atomic mass is 16.5. The molecule has 174 valence electrons. The van der Waals surface area contributed by atoms with Crippen LogP contribution >= 0.6 is 0 Å². The fourth-order valence-corrected chi connectivity index (χ4v) is 5.89. The van der Waals surface area contributed by atoms with E-state index in [9.17, 15) is 9.90 Å². The molecule has 0 unspecified atom stereocenters. The number of carboxylic acid groups (broad SMARTS) is 1. The van der Waals surface area contributed by atoms with Crippen LogP contribution in [-0.2, 0) is 11.3 Å². The molecule has 0 atom stereocenters. The first-order valence-corrected chi connectivity index (χ1v) is 12.7. The summed E-state index contributed by atoms with van der Waals surface area (Å²) >= 11 is 0. The Kier molecular flexibility index (Phi) is 7.09. The minimum absolute atomic E-state index is 0.129. The van der Waals surface area contributed by atoms with Crippen molar-refractivity contribution in [1.82, 2.24) is 5.32 Å². The van der Waals surface area contributed by atoms with Gasteiger partial charge in [0.05, 0.1) is 11.5 Å². The average Bonchev–Trinajstić information content (AvgIpc) is 2.86. The molecule has 4 heteroatoms.